The fourth-order valence-corrected chi connectivity index (χ4v) is 3.36. The molecule has 1 saturated carbocycles. The van der Waals surface area contributed by atoms with Gasteiger partial charge in [-0.15, -0.1) is 0 Å². The molecule has 0 amide bonds. The van der Waals surface area contributed by atoms with Crippen LogP contribution in [0.2, 0.25) is 0 Å². The maximum absolute atomic E-state index is 12.9. The van der Waals surface area contributed by atoms with Crippen molar-refractivity contribution >= 4 is 10.0 Å². The van der Waals surface area contributed by atoms with Gasteiger partial charge in [0.1, 0.15) is 5.54 Å². The van der Waals surface area contributed by atoms with Gasteiger partial charge in [-0.2, -0.15) is 23.2 Å². The van der Waals surface area contributed by atoms with Gasteiger partial charge in [0.2, 0.25) is 10.0 Å². The first-order valence-electron chi connectivity index (χ1n) is 5.73. The van der Waals surface area contributed by atoms with Crippen LogP contribution in [-0.4, -0.2) is 14.0 Å². The molecule has 108 valence electrons. The van der Waals surface area contributed by atoms with Crippen LogP contribution < -0.4 is 4.72 Å². The number of aryl methyl sites for hydroxylation is 1. The van der Waals surface area contributed by atoms with E-state index in [9.17, 15) is 21.6 Å². The highest BCUT2D eigenvalue weighted by Gasteiger charge is 2.48. The summed E-state index contributed by atoms with van der Waals surface area (Å²) in [6.45, 7) is 1.44. The molecule has 1 aliphatic rings. The predicted molar refractivity (Wildman–Crippen MR) is 64.1 cm³/mol. The van der Waals surface area contributed by atoms with Gasteiger partial charge in [0.05, 0.1) is 16.5 Å². The van der Waals surface area contributed by atoms with Crippen LogP contribution in [-0.2, 0) is 16.2 Å². The van der Waals surface area contributed by atoms with E-state index in [1.54, 1.807) is 6.07 Å². The topological polar surface area (TPSA) is 70.0 Å². The molecule has 8 heteroatoms. The highest BCUT2D eigenvalue weighted by atomic mass is 32.2. The molecule has 1 fully saturated rings. The minimum atomic E-state index is -4.78. The first-order valence-corrected chi connectivity index (χ1v) is 7.21. The molecular formula is C12H11F3N2O2S. The summed E-state index contributed by atoms with van der Waals surface area (Å²) in [6, 6.07) is 4.75. The lowest BCUT2D eigenvalue weighted by Crippen LogP contribution is -2.36. The first kappa shape index (κ1) is 14.8. The molecule has 0 saturated heterocycles. The Hall–Kier alpha value is -1.59. The third-order valence-corrected chi connectivity index (χ3v) is 4.62. The Morgan fingerprint density at radius 2 is 1.95 bits per heavy atom. The van der Waals surface area contributed by atoms with Gasteiger partial charge in [0.15, 0.2) is 0 Å². The molecule has 4 nitrogen and oxygen atoms in total. The Balaban J connectivity index is 2.50. The zero-order valence-electron chi connectivity index (χ0n) is 10.5. The molecule has 1 aromatic carbocycles. The minimum Gasteiger partial charge on any atom is -0.207 e. The summed E-state index contributed by atoms with van der Waals surface area (Å²) < 4.78 is 65.0. The van der Waals surface area contributed by atoms with Crippen LogP contribution in [0.4, 0.5) is 13.2 Å². The number of sulfonamides is 1. The number of benzene rings is 1. The molecule has 0 aromatic heterocycles. The van der Waals surface area contributed by atoms with E-state index in [0.29, 0.717) is 18.4 Å². The number of hydrogen-bond acceptors (Lipinski definition) is 3. The molecular weight excluding hydrogens is 293 g/mol. The number of halogens is 3. The summed E-state index contributed by atoms with van der Waals surface area (Å²) in [7, 11) is -4.39. The Labute approximate surface area is 114 Å². The van der Waals surface area contributed by atoms with Crippen LogP contribution in [0.3, 0.4) is 0 Å². The average molecular weight is 304 g/mol. The van der Waals surface area contributed by atoms with Crippen molar-refractivity contribution in [3.8, 4) is 6.07 Å². The van der Waals surface area contributed by atoms with Crippen molar-refractivity contribution in [2.24, 2.45) is 0 Å². The summed E-state index contributed by atoms with van der Waals surface area (Å²) >= 11 is 0. The van der Waals surface area contributed by atoms with Gasteiger partial charge < -0.3 is 0 Å². The largest absolute Gasteiger partial charge is 0.417 e. The molecule has 0 heterocycles. The molecule has 0 aliphatic heterocycles. The van der Waals surface area contributed by atoms with Crippen molar-refractivity contribution in [3.63, 3.8) is 0 Å². The predicted octanol–water partition coefficient (Wildman–Crippen LogP) is 2.35. The fourth-order valence-electron chi connectivity index (χ4n) is 1.77. The molecule has 0 atom stereocenters. The highest BCUT2D eigenvalue weighted by molar-refractivity contribution is 7.89. The summed E-state index contributed by atoms with van der Waals surface area (Å²) in [4.78, 5) is -0.850. The van der Waals surface area contributed by atoms with Gasteiger partial charge in [-0.3, -0.25) is 0 Å². The summed E-state index contributed by atoms with van der Waals surface area (Å²) in [5.41, 5.74) is -2.18. The van der Waals surface area contributed by atoms with E-state index in [2.05, 4.69) is 4.72 Å². The normalized spacial score (nSPS) is 17.6. The second-order valence-corrected chi connectivity index (χ2v) is 6.45. The second kappa shape index (κ2) is 4.46. The van der Waals surface area contributed by atoms with Crippen LogP contribution >= 0.6 is 0 Å². The molecule has 1 aliphatic carbocycles. The first-order chi connectivity index (χ1) is 9.10. The monoisotopic (exact) mass is 304 g/mol. The molecule has 1 aromatic rings. The quantitative estimate of drug-likeness (QED) is 0.932. The lowest BCUT2D eigenvalue weighted by Gasteiger charge is -2.16. The van der Waals surface area contributed by atoms with Gasteiger partial charge in [0.25, 0.3) is 0 Å². The van der Waals surface area contributed by atoms with E-state index in [4.69, 9.17) is 5.26 Å². The van der Waals surface area contributed by atoms with E-state index in [1.165, 1.54) is 13.0 Å². The minimum absolute atomic E-state index is 0.302. The number of rotatable bonds is 3. The molecule has 20 heavy (non-hydrogen) atoms. The van der Waals surface area contributed by atoms with Crippen LogP contribution in [0.5, 0.6) is 0 Å². The third kappa shape index (κ3) is 2.78. The SMILES string of the molecule is Cc1ccc(S(=O)(=O)NC2(C#N)CC2)c(C(F)(F)F)c1. The Morgan fingerprint density at radius 3 is 2.40 bits per heavy atom. The highest BCUT2D eigenvalue weighted by Crippen LogP contribution is 2.39. The smallest absolute Gasteiger partial charge is 0.207 e. The van der Waals surface area contributed by atoms with Gasteiger partial charge in [-0.05, 0) is 31.9 Å². The van der Waals surface area contributed by atoms with Crippen LogP contribution in [0.25, 0.3) is 0 Å². The molecule has 1 N–H and O–H groups in total. The zero-order valence-corrected chi connectivity index (χ0v) is 11.3. The zero-order chi connectivity index (χ0) is 15.2. The molecule has 2 rings (SSSR count). The van der Waals surface area contributed by atoms with E-state index < -0.39 is 32.2 Å². The third-order valence-electron chi connectivity index (χ3n) is 3.02. The maximum Gasteiger partial charge on any atom is 0.417 e. The van der Waals surface area contributed by atoms with E-state index in [1.807, 2.05) is 0 Å². The number of nitrogens with one attached hydrogen (secondary N) is 1. The lowest BCUT2D eigenvalue weighted by molar-refractivity contribution is -0.139. The van der Waals surface area contributed by atoms with Crippen molar-refractivity contribution in [3.05, 3.63) is 29.3 Å². The van der Waals surface area contributed by atoms with Crippen LogP contribution in [0, 0.1) is 18.3 Å². The Morgan fingerprint density at radius 1 is 1.35 bits per heavy atom. The van der Waals surface area contributed by atoms with Crippen LogP contribution in [0.1, 0.15) is 24.0 Å². The Kier molecular flexibility index (Phi) is 3.31. The van der Waals surface area contributed by atoms with Crippen molar-refractivity contribution in [1.82, 2.24) is 4.72 Å². The molecule has 0 radical (unpaired) electrons. The van der Waals surface area contributed by atoms with E-state index >= 15 is 0 Å². The van der Waals surface area contributed by atoms with Crippen molar-refractivity contribution in [2.75, 3.05) is 0 Å². The maximum atomic E-state index is 12.9. The lowest BCUT2D eigenvalue weighted by atomic mass is 10.1. The molecule has 0 bridgehead atoms. The van der Waals surface area contributed by atoms with Crippen molar-refractivity contribution in [2.45, 2.75) is 36.4 Å². The average Bonchev–Trinajstić information content (AvgIpc) is 3.07. The summed E-state index contributed by atoms with van der Waals surface area (Å²) in [5.74, 6) is 0. The van der Waals surface area contributed by atoms with E-state index in [-0.39, 0.29) is 0 Å². The van der Waals surface area contributed by atoms with Gasteiger partial charge in [0, 0.05) is 0 Å². The number of nitriles is 1. The Bertz CT molecular complexity index is 686. The summed E-state index contributed by atoms with van der Waals surface area (Å²) in [5, 5.41) is 8.84. The number of alkyl halides is 3. The molecule has 0 unspecified atom stereocenters. The summed E-state index contributed by atoms with van der Waals surface area (Å²) in [6.07, 6.45) is -4.18. The van der Waals surface area contributed by atoms with E-state index in [0.717, 1.165) is 12.1 Å². The second-order valence-electron chi connectivity index (χ2n) is 4.80. The van der Waals surface area contributed by atoms with Gasteiger partial charge in [-0.1, -0.05) is 11.6 Å². The van der Waals surface area contributed by atoms with Crippen molar-refractivity contribution in [1.29, 1.82) is 5.26 Å². The number of nitrogens with zero attached hydrogens (tertiary/aromatic N) is 1. The van der Waals surface area contributed by atoms with Gasteiger partial charge >= 0.3 is 6.18 Å². The van der Waals surface area contributed by atoms with Crippen molar-refractivity contribution < 1.29 is 21.6 Å². The molecule has 0 spiro atoms. The van der Waals surface area contributed by atoms with Gasteiger partial charge in [-0.25, -0.2) is 8.42 Å². The standard InChI is InChI=1S/C12H11F3N2O2S/c1-8-2-3-10(9(6-8)12(13,14)15)20(18,19)17-11(7-16)4-5-11/h2-3,6,17H,4-5H2,1H3. The fraction of sp³-hybridized carbons (Fsp3) is 0.417. The van der Waals surface area contributed by atoms with Crippen LogP contribution in [0.15, 0.2) is 23.1 Å². The number of hydrogen-bond donors (Lipinski definition) is 1.